The highest BCUT2D eigenvalue weighted by Crippen LogP contribution is 2.29. The van der Waals surface area contributed by atoms with E-state index >= 15 is 0 Å². The maximum absolute atomic E-state index is 6.03. The number of anilines is 1. The van der Waals surface area contributed by atoms with E-state index in [0.717, 1.165) is 36.2 Å². The number of benzene rings is 1. The molecule has 1 aromatic heterocycles. The number of halogens is 1. The molecular weight excluding hydrogens is 328 g/mol. The van der Waals surface area contributed by atoms with E-state index < -0.39 is 0 Å². The van der Waals surface area contributed by atoms with Crippen molar-refractivity contribution in [1.82, 2.24) is 0 Å². The van der Waals surface area contributed by atoms with Gasteiger partial charge in [0.25, 0.3) is 0 Å². The van der Waals surface area contributed by atoms with Gasteiger partial charge in [0.2, 0.25) is 0 Å². The number of furan rings is 1. The summed E-state index contributed by atoms with van der Waals surface area (Å²) in [5.41, 5.74) is 8.49. The molecule has 2 aromatic rings. The molecule has 0 bridgehead atoms. The Kier molecular flexibility index (Phi) is 5.88. The van der Waals surface area contributed by atoms with Gasteiger partial charge in [-0.05, 0) is 65.5 Å². The lowest BCUT2D eigenvalue weighted by molar-refractivity contribution is 0.503. The Labute approximate surface area is 135 Å². The highest BCUT2D eigenvalue weighted by molar-refractivity contribution is 9.10. The molecule has 2 rings (SSSR count). The van der Waals surface area contributed by atoms with Crippen LogP contribution in [0.2, 0.25) is 0 Å². The van der Waals surface area contributed by atoms with Crippen LogP contribution in [0.1, 0.15) is 31.6 Å². The van der Waals surface area contributed by atoms with Crippen LogP contribution in [0, 0.1) is 0 Å². The molecule has 21 heavy (non-hydrogen) atoms. The molecule has 1 unspecified atom stereocenters. The standard InChI is InChI=1S/C17H23BrN2O/c1-3-14(19)10-13-7-8-17(16(18)11-13)20(4-2)12-15-6-5-9-21-15/h5-9,11,14H,3-4,10,12,19H2,1-2H3. The summed E-state index contributed by atoms with van der Waals surface area (Å²) < 4.78 is 6.55. The van der Waals surface area contributed by atoms with E-state index in [1.54, 1.807) is 6.26 Å². The second-order valence-corrected chi connectivity index (χ2v) is 6.11. The molecule has 1 atom stereocenters. The summed E-state index contributed by atoms with van der Waals surface area (Å²) in [6.45, 7) is 5.97. The van der Waals surface area contributed by atoms with E-state index in [9.17, 15) is 0 Å². The van der Waals surface area contributed by atoms with Crippen molar-refractivity contribution in [3.8, 4) is 0 Å². The fourth-order valence-corrected chi connectivity index (χ4v) is 3.02. The predicted molar refractivity (Wildman–Crippen MR) is 91.5 cm³/mol. The van der Waals surface area contributed by atoms with E-state index in [2.05, 4.69) is 52.9 Å². The second-order valence-electron chi connectivity index (χ2n) is 5.25. The Hall–Kier alpha value is -1.26. The Morgan fingerprint density at radius 3 is 2.67 bits per heavy atom. The summed E-state index contributed by atoms with van der Waals surface area (Å²) in [7, 11) is 0. The van der Waals surface area contributed by atoms with Crippen molar-refractivity contribution in [3.63, 3.8) is 0 Å². The lowest BCUT2D eigenvalue weighted by Crippen LogP contribution is -2.23. The van der Waals surface area contributed by atoms with Gasteiger partial charge in [0.05, 0.1) is 18.5 Å². The van der Waals surface area contributed by atoms with Crippen LogP contribution in [-0.4, -0.2) is 12.6 Å². The van der Waals surface area contributed by atoms with Gasteiger partial charge in [-0.25, -0.2) is 0 Å². The van der Waals surface area contributed by atoms with Crippen LogP contribution in [0.3, 0.4) is 0 Å². The Morgan fingerprint density at radius 1 is 1.29 bits per heavy atom. The quantitative estimate of drug-likeness (QED) is 0.807. The van der Waals surface area contributed by atoms with Crippen molar-refractivity contribution in [3.05, 3.63) is 52.4 Å². The molecule has 0 saturated heterocycles. The largest absolute Gasteiger partial charge is 0.467 e. The summed E-state index contributed by atoms with van der Waals surface area (Å²) in [6.07, 6.45) is 3.63. The smallest absolute Gasteiger partial charge is 0.123 e. The fourth-order valence-electron chi connectivity index (χ4n) is 2.34. The van der Waals surface area contributed by atoms with Crippen molar-refractivity contribution in [1.29, 1.82) is 0 Å². The van der Waals surface area contributed by atoms with Gasteiger partial charge in [-0.3, -0.25) is 0 Å². The SMILES string of the molecule is CCC(N)Cc1ccc(N(CC)Cc2ccco2)c(Br)c1. The molecule has 0 fully saturated rings. The molecule has 0 aliphatic rings. The molecule has 1 heterocycles. The van der Waals surface area contributed by atoms with E-state index in [1.165, 1.54) is 11.3 Å². The van der Waals surface area contributed by atoms with E-state index in [-0.39, 0.29) is 6.04 Å². The summed E-state index contributed by atoms with van der Waals surface area (Å²) in [6, 6.07) is 10.7. The molecule has 0 saturated carbocycles. The summed E-state index contributed by atoms with van der Waals surface area (Å²) in [4.78, 5) is 2.28. The van der Waals surface area contributed by atoms with Crippen LogP contribution in [0.5, 0.6) is 0 Å². The minimum Gasteiger partial charge on any atom is -0.467 e. The summed E-state index contributed by atoms with van der Waals surface area (Å²) in [5.74, 6) is 0.973. The average Bonchev–Trinajstić information content (AvgIpc) is 2.98. The number of nitrogens with two attached hydrogens (primary N) is 1. The molecule has 0 amide bonds. The molecule has 2 N–H and O–H groups in total. The molecule has 3 nitrogen and oxygen atoms in total. The first-order valence-corrected chi connectivity index (χ1v) is 8.24. The molecule has 0 aliphatic carbocycles. The van der Waals surface area contributed by atoms with Gasteiger partial charge in [-0.1, -0.05) is 13.0 Å². The molecular formula is C17H23BrN2O. The van der Waals surface area contributed by atoms with Crippen molar-refractivity contribution >= 4 is 21.6 Å². The molecule has 0 spiro atoms. The second kappa shape index (κ2) is 7.66. The van der Waals surface area contributed by atoms with Crippen LogP contribution in [0.15, 0.2) is 45.5 Å². The van der Waals surface area contributed by atoms with Gasteiger partial charge in [0.15, 0.2) is 0 Å². The normalized spacial score (nSPS) is 12.4. The van der Waals surface area contributed by atoms with Crippen LogP contribution >= 0.6 is 15.9 Å². The molecule has 114 valence electrons. The van der Waals surface area contributed by atoms with E-state index in [1.807, 2.05) is 12.1 Å². The highest BCUT2D eigenvalue weighted by atomic mass is 79.9. The fraction of sp³-hybridized carbons (Fsp3) is 0.412. The van der Waals surface area contributed by atoms with Gasteiger partial charge in [-0.15, -0.1) is 0 Å². The van der Waals surface area contributed by atoms with Gasteiger partial charge < -0.3 is 15.1 Å². The molecule has 4 heteroatoms. The van der Waals surface area contributed by atoms with Crippen LogP contribution in [0.4, 0.5) is 5.69 Å². The van der Waals surface area contributed by atoms with Crippen LogP contribution < -0.4 is 10.6 Å². The zero-order valence-corrected chi connectivity index (χ0v) is 14.3. The molecule has 1 aromatic carbocycles. The number of rotatable bonds is 7. The zero-order chi connectivity index (χ0) is 15.2. The van der Waals surface area contributed by atoms with Gasteiger partial charge >= 0.3 is 0 Å². The monoisotopic (exact) mass is 350 g/mol. The third-order valence-corrected chi connectivity index (χ3v) is 4.32. The van der Waals surface area contributed by atoms with E-state index in [0.29, 0.717) is 0 Å². The minimum absolute atomic E-state index is 0.230. The number of hydrogen-bond acceptors (Lipinski definition) is 3. The maximum atomic E-state index is 6.03. The zero-order valence-electron chi connectivity index (χ0n) is 12.7. The first kappa shape index (κ1) is 16.1. The van der Waals surface area contributed by atoms with Crippen LogP contribution in [0.25, 0.3) is 0 Å². The number of hydrogen-bond donors (Lipinski definition) is 1. The first-order chi connectivity index (χ1) is 10.1. The van der Waals surface area contributed by atoms with Gasteiger partial charge in [-0.2, -0.15) is 0 Å². The minimum atomic E-state index is 0.230. The van der Waals surface area contributed by atoms with Crippen LogP contribution in [-0.2, 0) is 13.0 Å². The van der Waals surface area contributed by atoms with Gasteiger partial charge in [0.1, 0.15) is 5.76 Å². The van der Waals surface area contributed by atoms with E-state index in [4.69, 9.17) is 10.2 Å². The molecule has 0 radical (unpaired) electrons. The lowest BCUT2D eigenvalue weighted by atomic mass is 10.0. The average molecular weight is 351 g/mol. The number of nitrogens with zero attached hydrogens (tertiary/aromatic N) is 1. The molecule has 0 aliphatic heterocycles. The van der Waals surface area contributed by atoms with Gasteiger partial charge in [0, 0.05) is 17.1 Å². The topological polar surface area (TPSA) is 42.4 Å². The highest BCUT2D eigenvalue weighted by Gasteiger charge is 2.12. The third kappa shape index (κ3) is 4.35. The van der Waals surface area contributed by atoms with Crippen molar-refractivity contribution in [2.24, 2.45) is 5.73 Å². The lowest BCUT2D eigenvalue weighted by Gasteiger charge is -2.24. The van der Waals surface area contributed by atoms with Crippen molar-refractivity contribution in [2.75, 3.05) is 11.4 Å². The van der Waals surface area contributed by atoms with Crippen molar-refractivity contribution < 1.29 is 4.42 Å². The third-order valence-electron chi connectivity index (χ3n) is 3.68. The first-order valence-electron chi connectivity index (χ1n) is 7.45. The Bertz CT molecular complexity index is 554. The predicted octanol–water partition coefficient (Wildman–Crippen LogP) is 4.35. The summed E-state index contributed by atoms with van der Waals surface area (Å²) in [5, 5.41) is 0. The Morgan fingerprint density at radius 2 is 2.10 bits per heavy atom. The Balaban J connectivity index is 2.14. The summed E-state index contributed by atoms with van der Waals surface area (Å²) >= 11 is 3.69. The maximum Gasteiger partial charge on any atom is 0.123 e. The van der Waals surface area contributed by atoms with Crippen molar-refractivity contribution in [2.45, 2.75) is 39.3 Å².